The monoisotopic (exact) mass is 279 g/mol. The predicted molar refractivity (Wildman–Crippen MR) is 76.6 cm³/mol. The average molecular weight is 280 g/mol. The first-order valence-electron chi connectivity index (χ1n) is 6.78. The van der Waals surface area contributed by atoms with Crippen molar-refractivity contribution in [3.05, 3.63) is 29.0 Å². The van der Waals surface area contributed by atoms with E-state index in [4.69, 9.17) is 21.3 Å². The molecule has 5 heteroatoms. The van der Waals surface area contributed by atoms with Crippen LogP contribution in [0, 0.1) is 0 Å². The van der Waals surface area contributed by atoms with E-state index in [-0.39, 0.29) is 6.10 Å². The number of imidazole rings is 1. The molecule has 0 amide bonds. The Morgan fingerprint density at radius 2 is 2.42 bits per heavy atom. The van der Waals surface area contributed by atoms with E-state index in [1.165, 1.54) is 0 Å². The van der Waals surface area contributed by atoms with E-state index in [0.29, 0.717) is 0 Å². The molecule has 19 heavy (non-hydrogen) atoms. The van der Waals surface area contributed by atoms with E-state index < -0.39 is 0 Å². The van der Waals surface area contributed by atoms with E-state index in [1.54, 1.807) is 0 Å². The number of aromatic nitrogens is 2. The summed E-state index contributed by atoms with van der Waals surface area (Å²) in [6.07, 6.45) is 1.06. The van der Waals surface area contributed by atoms with Gasteiger partial charge in [-0.3, -0.25) is 0 Å². The van der Waals surface area contributed by atoms with E-state index >= 15 is 0 Å². The maximum absolute atomic E-state index is 6.33. The lowest BCUT2D eigenvalue weighted by Crippen LogP contribution is -2.34. The maximum Gasteiger partial charge on any atom is 0.140 e. The first kappa shape index (κ1) is 12.9. The lowest BCUT2D eigenvalue weighted by molar-refractivity contribution is 0.0202. The molecule has 102 valence electrons. The Kier molecular flexibility index (Phi) is 3.73. The van der Waals surface area contributed by atoms with Crippen LogP contribution in [0.25, 0.3) is 11.0 Å². The van der Waals surface area contributed by atoms with Crippen LogP contribution >= 0.6 is 11.6 Å². The summed E-state index contributed by atoms with van der Waals surface area (Å²) in [5.74, 6) is 0.983. The topological polar surface area (TPSA) is 39.1 Å². The molecule has 1 fully saturated rings. The number of morpholine rings is 1. The quantitative estimate of drug-likeness (QED) is 0.939. The van der Waals surface area contributed by atoms with Crippen molar-refractivity contribution in [2.45, 2.75) is 26.0 Å². The number of hydrogen-bond donors (Lipinski definition) is 1. The number of benzene rings is 1. The standard InChI is InChI=1S/C14H18ClN3O/c1-2-7-18-13-10(15)4-3-5-11(13)17-14(18)12-9-16-6-8-19-12/h3-5,12,16H,2,6-9H2,1H3. The van der Waals surface area contributed by atoms with Gasteiger partial charge in [0.25, 0.3) is 0 Å². The van der Waals surface area contributed by atoms with Crippen LogP contribution in [-0.2, 0) is 11.3 Å². The number of halogens is 1. The van der Waals surface area contributed by atoms with Crippen molar-refractivity contribution >= 4 is 22.6 Å². The Balaban J connectivity index is 2.11. The molecule has 0 spiro atoms. The van der Waals surface area contributed by atoms with Crippen molar-refractivity contribution in [2.75, 3.05) is 19.7 Å². The molecule has 2 aromatic rings. The molecule has 2 heterocycles. The first-order chi connectivity index (χ1) is 9.31. The zero-order chi connectivity index (χ0) is 13.2. The Bertz CT molecular complexity index is 575. The minimum Gasteiger partial charge on any atom is -0.368 e. The number of fused-ring (bicyclic) bond motifs is 1. The van der Waals surface area contributed by atoms with Crippen molar-refractivity contribution in [3.63, 3.8) is 0 Å². The summed E-state index contributed by atoms with van der Waals surface area (Å²) < 4.78 is 8.04. The summed E-state index contributed by atoms with van der Waals surface area (Å²) in [5, 5.41) is 4.11. The van der Waals surface area contributed by atoms with Gasteiger partial charge >= 0.3 is 0 Å². The van der Waals surface area contributed by atoms with Gasteiger partial charge < -0.3 is 14.6 Å². The molecule has 1 aromatic heterocycles. The van der Waals surface area contributed by atoms with Crippen molar-refractivity contribution in [3.8, 4) is 0 Å². The average Bonchev–Trinajstić information content (AvgIpc) is 2.81. The predicted octanol–water partition coefficient (Wildman–Crippen LogP) is 2.76. The Morgan fingerprint density at radius 1 is 1.53 bits per heavy atom. The van der Waals surface area contributed by atoms with Crippen LogP contribution in [0.1, 0.15) is 25.3 Å². The van der Waals surface area contributed by atoms with E-state index in [9.17, 15) is 0 Å². The zero-order valence-electron chi connectivity index (χ0n) is 11.0. The van der Waals surface area contributed by atoms with Gasteiger partial charge in [0.1, 0.15) is 11.9 Å². The maximum atomic E-state index is 6.33. The minimum atomic E-state index is 0.0174. The zero-order valence-corrected chi connectivity index (χ0v) is 11.8. The van der Waals surface area contributed by atoms with Crippen LogP contribution in [0.2, 0.25) is 5.02 Å². The Hall–Kier alpha value is -1.10. The second-order valence-electron chi connectivity index (χ2n) is 4.79. The summed E-state index contributed by atoms with van der Waals surface area (Å²) >= 11 is 6.33. The summed E-state index contributed by atoms with van der Waals surface area (Å²) in [4.78, 5) is 4.73. The normalized spacial score (nSPS) is 20.0. The van der Waals surface area contributed by atoms with Gasteiger partial charge in [-0.15, -0.1) is 0 Å². The number of para-hydroxylation sites is 1. The molecule has 1 saturated heterocycles. The molecule has 1 unspecified atom stereocenters. The lowest BCUT2D eigenvalue weighted by Gasteiger charge is -2.24. The van der Waals surface area contributed by atoms with Gasteiger partial charge in [0.15, 0.2) is 0 Å². The highest BCUT2D eigenvalue weighted by Gasteiger charge is 2.23. The first-order valence-corrected chi connectivity index (χ1v) is 7.16. The van der Waals surface area contributed by atoms with Gasteiger partial charge in [0, 0.05) is 19.6 Å². The number of rotatable bonds is 3. The van der Waals surface area contributed by atoms with E-state index in [0.717, 1.165) is 54.5 Å². The number of nitrogens with zero attached hydrogens (tertiary/aromatic N) is 2. The number of nitrogens with one attached hydrogen (secondary N) is 1. The van der Waals surface area contributed by atoms with Crippen molar-refractivity contribution < 1.29 is 4.74 Å². The highest BCUT2D eigenvalue weighted by atomic mass is 35.5. The Labute approximate surface area is 117 Å². The second-order valence-corrected chi connectivity index (χ2v) is 5.20. The van der Waals surface area contributed by atoms with Crippen LogP contribution in [-0.4, -0.2) is 29.2 Å². The molecule has 1 aliphatic heterocycles. The van der Waals surface area contributed by atoms with Crippen LogP contribution in [0.4, 0.5) is 0 Å². The van der Waals surface area contributed by atoms with Crippen molar-refractivity contribution in [1.29, 1.82) is 0 Å². The van der Waals surface area contributed by atoms with Gasteiger partial charge in [-0.05, 0) is 18.6 Å². The molecule has 0 aliphatic carbocycles. The van der Waals surface area contributed by atoms with Crippen LogP contribution in [0.3, 0.4) is 0 Å². The highest BCUT2D eigenvalue weighted by Crippen LogP contribution is 2.29. The number of aryl methyl sites for hydroxylation is 1. The fourth-order valence-corrected chi connectivity index (χ4v) is 2.86. The van der Waals surface area contributed by atoms with Gasteiger partial charge in [0.05, 0.1) is 22.7 Å². The molecule has 1 aromatic carbocycles. The van der Waals surface area contributed by atoms with E-state index in [2.05, 4.69) is 16.8 Å². The number of hydrogen-bond acceptors (Lipinski definition) is 3. The van der Waals surface area contributed by atoms with Crippen LogP contribution < -0.4 is 5.32 Å². The van der Waals surface area contributed by atoms with Crippen LogP contribution in [0.15, 0.2) is 18.2 Å². The molecular formula is C14H18ClN3O. The van der Waals surface area contributed by atoms with Gasteiger partial charge in [-0.2, -0.15) is 0 Å². The smallest absolute Gasteiger partial charge is 0.140 e. The fraction of sp³-hybridized carbons (Fsp3) is 0.500. The molecule has 0 radical (unpaired) electrons. The third kappa shape index (κ3) is 2.36. The largest absolute Gasteiger partial charge is 0.368 e. The third-order valence-electron chi connectivity index (χ3n) is 3.41. The summed E-state index contributed by atoms with van der Waals surface area (Å²) in [5.41, 5.74) is 1.97. The molecule has 0 saturated carbocycles. The van der Waals surface area contributed by atoms with Crippen LogP contribution in [0.5, 0.6) is 0 Å². The van der Waals surface area contributed by atoms with E-state index in [1.807, 2.05) is 18.2 Å². The summed E-state index contributed by atoms with van der Waals surface area (Å²) in [6, 6.07) is 5.87. The van der Waals surface area contributed by atoms with Gasteiger partial charge in [-0.25, -0.2) is 4.98 Å². The van der Waals surface area contributed by atoms with Crippen molar-refractivity contribution in [2.24, 2.45) is 0 Å². The number of ether oxygens (including phenoxy) is 1. The fourth-order valence-electron chi connectivity index (χ4n) is 2.59. The summed E-state index contributed by atoms with van der Waals surface area (Å²) in [6.45, 7) is 5.52. The molecule has 1 aliphatic rings. The lowest BCUT2D eigenvalue weighted by atomic mass is 10.3. The molecule has 1 atom stereocenters. The SMILES string of the molecule is CCCn1c(C2CNCCO2)nc2cccc(Cl)c21. The van der Waals surface area contributed by atoms with Gasteiger partial charge in [0.2, 0.25) is 0 Å². The molecule has 3 rings (SSSR count). The third-order valence-corrected chi connectivity index (χ3v) is 3.71. The molecule has 4 nitrogen and oxygen atoms in total. The Morgan fingerprint density at radius 3 is 3.16 bits per heavy atom. The highest BCUT2D eigenvalue weighted by molar-refractivity contribution is 6.35. The molecule has 1 N–H and O–H groups in total. The van der Waals surface area contributed by atoms with Gasteiger partial charge in [-0.1, -0.05) is 24.6 Å². The molecule has 0 bridgehead atoms. The van der Waals surface area contributed by atoms with Crippen molar-refractivity contribution in [1.82, 2.24) is 14.9 Å². The summed E-state index contributed by atoms with van der Waals surface area (Å²) in [7, 11) is 0. The second kappa shape index (κ2) is 5.49. The molecular weight excluding hydrogens is 262 g/mol. The minimum absolute atomic E-state index is 0.0174.